The molecule has 2 aromatic carbocycles. The predicted octanol–water partition coefficient (Wildman–Crippen LogP) is -5.95. The van der Waals surface area contributed by atoms with Crippen molar-refractivity contribution in [2.75, 3.05) is 19.6 Å². The number of guanidine groups is 3. The fourth-order valence-electron chi connectivity index (χ4n) is 13.8. The zero-order valence-corrected chi connectivity index (χ0v) is 72.9. The molecule has 0 spiro atoms. The van der Waals surface area contributed by atoms with Gasteiger partial charge in [-0.2, -0.15) is 0 Å². The number of hydrogen-bond donors (Lipinski definition) is 29. The first kappa shape index (κ1) is 106. The molecule has 0 aliphatic heterocycles. The largest absolute Gasteiger partial charge is 0.508 e. The Morgan fingerprint density at radius 1 is 0.425 bits per heavy atom. The lowest BCUT2D eigenvalue weighted by molar-refractivity contribution is -0.141. The molecular formula is C81H129N27O19. The highest BCUT2D eigenvalue weighted by atomic mass is 16.3. The molecule has 1 saturated carbocycles. The third kappa shape index (κ3) is 38.7. The highest BCUT2D eigenvalue weighted by molar-refractivity contribution is 6.02. The molecule has 3 aromatic rings. The maximum Gasteiger partial charge on any atom is 0.246 e. The van der Waals surface area contributed by atoms with Gasteiger partial charge in [0.2, 0.25) is 94.5 Å². The fourth-order valence-corrected chi connectivity index (χ4v) is 13.8. The van der Waals surface area contributed by atoms with Gasteiger partial charge in [0.25, 0.3) is 0 Å². The van der Waals surface area contributed by atoms with E-state index in [1.54, 1.807) is 13.8 Å². The summed E-state index contributed by atoms with van der Waals surface area (Å²) in [6.45, 7) is 12.5. The van der Waals surface area contributed by atoms with E-state index in [0.29, 0.717) is 36.1 Å². The summed E-state index contributed by atoms with van der Waals surface area (Å²) in [5.41, 5.74) is 32.7. The number of carbonyl (C=O) groups excluding carboxylic acids is 16. The number of nitrogens with zero attached hydrogens (tertiary/aromatic N) is 1. The zero-order chi connectivity index (χ0) is 94.9. The van der Waals surface area contributed by atoms with Gasteiger partial charge in [-0.3, -0.25) is 92.9 Å². The molecule has 0 bridgehead atoms. The molecule has 13 atom stereocenters. The molecule has 1 aromatic heterocycles. The van der Waals surface area contributed by atoms with E-state index in [-0.39, 0.29) is 126 Å². The van der Waals surface area contributed by atoms with Crippen molar-refractivity contribution in [2.24, 2.45) is 52.2 Å². The van der Waals surface area contributed by atoms with Crippen LogP contribution in [-0.4, -0.2) is 241 Å². The van der Waals surface area contributed by atoms with E-state index in [1.807, 2.05) is 13.8 Å². The highest BCUT2D eigenvalue weighted by Gasteiger charge is 2.46. The summed E-state index contributed by atoms with van der Waals surface area (Å²) >= 11 is 0. The number of nitrogens with two attached hydrogens (primary N) is 6. The van der Waals surface area contributed by atoms with Gasteiger partial charge in [0.15, 0.2) is 17.9 Å². The molecule has 46 heteroatoms. The lowest BCUT2D eigenvalue weighted by atomic mass is 9.80. The molecular weight excluding hydrogens is 1660 g/mol. The Labute approximate surface area is 735 Å². The van der Waals surface area contributed by atoms with Crippen LogP contribution < -0.4 is 119 Å². The molecule has 46 nitrogen and oxygen atoms in total. The van der Waals surface area contributed by atoms with E-state index in [1.165, 1.54) is 81.8 Å². The number of amides is 16. The number of aromatic hydroxyl groups is 2. The first-order chi connectivity index (χ1) is 59.8. The number of aliphatic hydroxyl groups is 1. The average molecular weight is 1790 g/mol. The summed E-state index contributed by atoms with van der Waals surface area (Å²) in [6.07, 6.45) is -1.09. The maximum atomic E-state index is 15.1. The van der Waals surface area contributed by atoms with Crippen molar-refractivity contribution >= 4 is 112 Å². The van der Waals surface area contributed by atoms with Crippen LogP contribution in [0.3, 0.4) is 0 Å². The summed E-state index contributed by atoms with van der Waals surface area (Å²) in [5.74, 6) is -18.4. The van der Waals surface area contributed by atoms with Crippen LogP contribution in [-0.2, 0) is 96.0 Å². The number of nitrogens with one attached hydrogen (secondary N) is 20. The van der Waals surface area contributed by atoms with Gasteiger partial charge < -0.3 is 140 Å². The van der Waals surface area contributed by atoms with E-state index >= 15 is 4.79 Å². The first-order valence-corrected chi connectivity index (χ1v) is 42.0. The molecule has 35 N–H and O–H groups in total. The number of benzene rings is 2. The molecule has 0 saturated heterocycles. The molecule has 16 amide bonds. The number of rotatable bonds is 55. The summed E-state index contributed by atoms with van der Waals surface area (Å²) < 4.78 is 0. The van der Waals surface area contributed by atoms with Crippen molar-refractivity contribution < 1.29 is 92.0 Å². The van der Waals surface area contributed by atoms with Gasteiger partial charge in [-0.25, -0.2) is 4.98 Å². The Hall–Kier alpha value is -13.5. The first-order valence-electron chi connectivity index (χ1n) is 42.0. The SMILES string of the molecule is CC(=O)N[C@@H](CC(C)C)C(=O)N[C@@H](CCCNC(=N)N)C(=O)N[C@@H](Cc1cnc[nH]1)C(=O)N[C@@H](Cc1ccc(O)cc1)C(=O)N[C@@H](CC(C)C)C(=O)N[C@@H](CC(N)=O)C(=O)NC1(C(=O)N[C@H](C(=O)N[C@H](C(=O)N[C@@H](CCCNC(=N)N)C(=O)N[C@@H](CCC(N)=O)C(=O)N[C@@H](CCCNC(=N)N)C(=O)N[C@@H](Cc2ccc(O)cc2)C(N)=O)[C@@H](C)O)C(C)C)CCCCC1. The number of phenols is 2. The molecule has 1 fully saturated rings. The van der Waals surface area contributed by atoms with Crippen LogP contribution in [0.25, 0.3) is 0 Å². The van der Waals surface area contributed by atoms with E-state index < -0.39 is 222 Å². The van der Waals surface area contributed by atoms with Gasteiger partial charge in [-0.15, -0.1) is 0 Å². The summed E-state index contributed by atoms with van der Waals surface area (Å²) in [5, 5.41) is 95.5. The molecule has 1 aliphatic rings. The van der Waals surface area contributed by atoms with Crippen molar-refractivity contribution in [3.8, 4) is 11.5 Å². The number of aromatic amines is 1. The minimum absolute atomic E-state index is 0.0183. The van der Waals surface area contributed by atoms with Gasteiger partial charge in [-0.05, 0) is 131 Å². The van der Waals surface area contributed by atoms with Crippen molar-refractivity contribution in [2.45, 2.75) is 262 Å². The van der Waals surface area contributed by atoms with Gasteiger partial charge >= 0.3 is 0 Å². The smallest absolute Gasteiger partial charge is 0.246 e. The second kappa shape index (κ2) is 53.0. The monoisotopic (exact) mass is 1780 g/mol. The number of imidazole rings is 1. The Morgan fingerprint density at radius 2 is 0.795 bits per heavy atom. The van der Waals surface area contributed by atoms with E-state index in [9.17, 15) is 87.2 Å². The van der Waals surface area contributed by atoms with E-state index in [4.69, 9.17) is 50.6 Å². The lowest BCUT2D eigenvalue weighted by Crippen LogP contribution is -2.67. The van der Waals surface area contributed by atoms with Crippen LogP contribution in [0.1, 0.15) is 175 Å². The molecule has 1 aliphatic carbocycles. The van der Waals surface area contributed by atoms with Crippen molar-refractivity contribution in [1.82, 2.24) is 95.0 Å². The molecule has 1 heterocycles. The van der Waals surface area contributed by atoms with Gasteiger partial charge in [0.1, 0.15) is 89.5 Å². The van der Waals surface area contributed by atoms with Crippen LogP contribution in [0.15, 0.2) is 61.1 Å². The minimum atomic E-state index is -1.94. The molecule has 4 rings (SSSR count). The summed E-state index contributed by atoms with van der Waals surface area (Å²) in [7, 11) is 0. The lowest BCUT2D eigenvalue weighted by Gasteiger charge is -2.39. The number of phenolic OH excluding ortho intramolecular Hbond substituents is 2. The summed E-state index contributed by atoms with van der Waals surface area (Å²) in [4.78, 5) is 233. The fraction of sp³-hybridized carbons (Fsp3) is 0.580. The van der Waals surface area contributed by atoms with Gasteiger partial charge in [0, 0.05) is 64.1 Å². The Morgan fingerprint density at radius 3 is 1.18 bits per heavy atom. The average Bonchev–Trinajstić information content (AvgIpc) is 0.925. The molecule has 127 heavy (non-hydrogen) atoms. The Balaban J connectivity index is 1.65. The van der Waals surface area contributed by atoms with Crippen molar-refractivity contribution in [1.29, 1.82) is 16.2 Å². The van der Waals surface area contributed by atoms with Gasteiger partial charge in [0.05, 0.1) is 18.9 Å². The van der Waals surface area contributed by atoms with E-state index in [0.717, 1.165) is 6.92 Å². The second-order valence-electron chi connectivity index (χ2n) is 32.7. The second-order valence-corrected chi connectivity index (χ2v) is 32.7. The van der Waals surface area contributed by atoms with Crippen LogP contribution in [0.2, 0.25) is 0 Å². The Kier molecular flexibility index (Phi) is 44.2. The summed E-state index contributed by atoms with van der Waals surface area (Å²) in [6, 6.07) is -7.59. The number of aliphatic hydroxyl groups excluding tert-OH is 1. The third-order valence-electron chi connectivity index (χ3n) is 20.4. The topological polar surface area (TPSA) is 783 Å². The quantitative estimate of drug-likeness (QED) is 0.0142. The van der Waals surface area contributed by atoms with Crippen LogP contribution in [0.4, 0.5) is 0 Å². The maximum absolute atomic E-state index is 15.1. The predicted molar refractivity (Wildman–Crippen MR) is 463 cm³/mol. The standard InChI is InChI=1S/C81H129N27O19/c1-41(2)33-56(96-45(8)110)70(120)98-52(16-13-31-93-79(87)88)68(118)104-59(37-48-39-91-40-95-48)73(123)103-58(36-47-20-24-50(112)25-21-47)72(122)102-57(34-42(3)4)71(121)105-60(38-62(83)114)74(124)108-81(28-10-9-11-29-81)77(127)107-63(43(5)6)75(125)106-64(44(7)109)76(126)100-53(17-14-32-94-80(89)90)66(116)99-54(26-27-61(82)113)69(119)97-51(15-12-30-92-78(85)86)67(117)101-55(65(84)115)35-46-18-22-49(111)23-19-46/h18-25,39-44,51-60,63-64,109,111-112H,9-17,26-38H2,1-8H3,(H2,82,113)(H2,83,114)(H2,84,115)(H,91,95)(H,96,110)(H,97,119)(H,98,120)(H,99,116)(H,100,126)(H,101,117)(H,102,122)(H,103,123)(H,104,118)(H,105,121)(H,106,125)(H,107,127)(H,108,124)(H4,85,86,92)(H4,87,88,93)(H4,89,90,94)/t44-,51+,52+,53+,54+,55+,56+,57+,58+,59+,60+,63+,64+/m1/s1. The van der Waals surface area contributed by atoms with Crippen LogP contribution >= 0.6 is 0 Å². The molecule has 0 unspecified atom stereocenters. The molecule has 702 valence electrons. The molecule has 0 radical (unpaired) electrons. The minimum Gasteiger partial charge on any atom is -0.508 e. The van der Waals surface area contributed by atoms with Crippen LogP contribution in [0.5, 0.6) is 11.5 Å². The number of carbonyl (C=O) groups is 16. The van der Waals surface area contributed by atoms with Crippen molar-refractivity contribution in [3.63, 3.8) is 0 Å². The number of primary amides is 3. The Bertz CT molecular complexity index is 4260. The normalized spacial score (nSPS) is 15.3. The zero-order valence-electron chi connectivity index (χ0n) is 72.9. The number of aromatic nitrogens is 2. The number of hydrogen-bond acceptors (Lipinski definition) is 23. The number of H-pyrrole nitrogens is 1. The van der Waals surface area contributed by atoms with Crippen molar-refractivity contribution in [3.05, 3.63) is 77.9 Å². The van der Waals surface area contributed by atoms with E-state index in [2.05, 4.69) is 95.0 Å². The van der Waals surface area contributed by atoms with Crippen LogP contribution in [0, 0.1) is 34.0 Å². The van der Waals surface area contributed by atoms with Gasteiger partial charge in [-0.1, -0.05) is 85.1 Å². The third-order valence-corrected chi connectivity index (χ3v) is 20.4. The highest BCUT2D eigenvalue weighted by Crippen LogP contribution is 2.30.